The van der Waals surface area contributed by atoms with Gasteiger partial charge in [0.05, 0.1) is 0 Å². The summed E-state index contributed by atoms with van der Waals surface area (Å²) in [5.74, 6) is 0. The lowest BCUT2D eigenvalue weighted by Gasteiger charge is -2.15. The van der Waals surface area contributed by atoms with Crippen molar-refractivity contribution < 1.29 is 0 Å². The van der Waals surface area contributed by atoms with Crippen LogP contribution in [0.1, 0.15) is 117 Å². The SMILES string of the molecule is CCCCCCCC/C=C\CCCCCCCCN(C)CCCC. The van der Waals surface area contributed by atoms with E-state index in [-0.39, 0.29) is 0 Å². The molecule has 0 spiro atoms. The molecule has 0 heterocycles. The molecular weight excluding hydrogens is 290 g/mol. The first kappa shape index (κ1) is 23.7. The van der Waals surface area contributed by atoms with E-state index in [1.807, 2.05) is 0 Å². The highest BCUT2D eigenvalue weighted by atomic mass is 15.1. The number of rotatable bonds is 19. The third-order valence-electron chi connectivity index (χ3n) is 4.95. The van der Waals surface area contributed by atoms with Crippen molar-refractivity contribution >= 4 is 0 Å². The van der Waals surface area contributed by atoms with Gasteiger partial charge in [0, 0.05) is 0 Å². The van der Waals surface area contributed by atoms with Crippen molar-refractivity contribution in [3.8, 4) is 0 Å². The molecule has 0 aliphatic rings. The Kier molecular flexibility index (Phi) is 20.5. The molecule has 0 amide bonds. The summed E-state index contributed by atoms with van der Waals surface area (Å²) in [5.41, 5.74) is 0. The van der Waals surface area contributed by atoms with Crippen LogP contribution in [-0.2, 0) is 0 Å². The van der Waals surface area contributed by atoms with Crippen LogP contribution in [0.3, 0.4) is 0 Å². The van der Waals surface area contributed by atoms with Crippen molar-refractivity contribution in [2.24, 2.45) is 0 Å². The number of hydrogen-bond acceptors (Lipinski definition) is 1. The van der Waals surface area contributed by atoms with E-state index in [0.717, 1.165) is 0 Å². The molecule has 0 rings (SSSR count). The molecule has 0 N–H and O–H groups in total. The highest BCUT2D eigenvalue weighted by molar-refractivity contribution is 4.81. The minimum Gasteiger partial charge on any atom is -0.306 e. The van der Waals surface area contributed by atoms with Gasteiger partial charge in [0.15, 0.2) is 0 Å². The Morgan fingerprint density at radius 2 is 0.917 bits per heavy atom. The first-order valence-corrected chi connectivity index (χ1v) is 11.1. The molecule has 0 aliphatic heterocycles. The Morgan fingerprint density at radius 1 is 0.500 bits per heavy atom. The third kappa shape index (κ3) is 19.7. The molecule has 144 valence electrons. The smallest absolute Gasteiger partial charge is 0.00218 e. The van der Waals surface area contributed by atoms with Crippen LogP contribution in [0.5, 0.6) is 0 Å². The lowest BCUT2D eigenvalue weighted by molar-refractivity contribution is 0.318. The molecule has 0 saturated heterocycles. The molecule has 0 radical (unpaired) electrons. The van der Waals surface area contributed by atoms with Crippen molar-refractivity contribution in [1.29, 1.82) is 0 Å². The monoisotopic (exact) mass is 337 g/mol. The van der Waals surface area contributed by atoms with Crippen LogP contribution in [0, 0.1) is 0 Å². The fourth-order valence-electron chi connectivity index (χ4n) is 3.17. The van der Waals surface area contributed by atoms with E-state index >= 15 is 0 Å². The fraction of sp³-hybridized carbons (Fsp3) is 0.913. The minimum atomic E-state index is 1.28. The summed E-state index contributed by atoms with van der Waals surface area (Å²) < 4.78 is 0. The van der Waals surface area contributed by atoms with Gasteiger partial charge in [-0.2, -0.15) is 0 Å². The molecule has 0 aliphatic carbocycles. The van der Waals surface area contributed by atoms with Gasteiger partial charge in [-0.15, -0.1) is 0 Å². The van der Waals surface area contributed by atoms with E-state index in [1.54, 1.807) is 0 Å². The Labute approximate surface area is 154 Å². The van der Waals surface area contributed by atoms with Gasteiger partial charge in [0.1, 0.15) is 0 Å². The normalized spacial score (nSPS) is 11.8. The van der Waals surface area contributed by atoms with Gasteiger partial charge in [-0.05, 0) is 58.7 Å². The van der Waals surface area contributed by atoms with Crippen molar-refractivity contribution in [2.75, 3.05) is 20.1 Å². The zero-order valence-corrected chi connectivity index (χ0v) is 17.3. The average molecular weight is 338 g/mol. The van der Waals surface area contributed by atoms with Crippen molar-refractivity contribution in [2.45, 2.75) is 117 Å². The first-order chi connectivity index (χ1) is 11.8. The highest BCUT2D eigenvalue weighted by Crippen LogP contribution is 2.10. The lowest BCUT2D eigenvalue weighted by Crippen LogP contribution is -2.20. The Hall–Kier alpha value is -0.300. The van der Waals surface area contributed by atoms with Crippen LogP contribution in [0.25, 0.3) is 0 Å². The predicted molar refractivity (Wildman–Crippen MR) is 112 cm³/mol. The van der Waals surface area contributed by atoms with Gasteiger partial charge in [0.2, 0.25) is 0 Å². The topological polar surface area (TPSA) is 3.24 Å². The first-order valence-electron chi connectivity index (χ1n) is 11.1. The standard InChI is InChI=1S/C23H47N/c1-4-6-8-9-10-11-12-13-14-15-16-17-18-19-20-21-23-24(3)22-7-5-2/h13-14H,4-12,15-23H2,1-3H3/b14-13-. The van der Waals surface area contributed by atoms with Crippen molar-refractivity contribution in [3.63, 3.8) is 0 Å². The van der Waals surface area contributed by atoms with Gasteiger partial charge in [-0.25, -0.2) is 0 Å². The van der Waals surface area contributed by atoms with Gasteiger partial charge >= 0.3 is 0 Å². The molecule has 0 atom stereocenters. The number of nitrogens with zero attached hydrogens (tertiary/aromatic N) is 1. The third-order valence-corrected chi connectivity index (χ3v) is 4.95. The van der Waals surface area contributed by atoms with E-state index in [9.17, 15) is 0 Å². The minimum absolute atomic E-state index is 1.28. The molecule has 1 heteroatoms. The van der Waals surface area contributed by atoms with Gasteiger partial charge in [0.25, 0.3) is 0 Å². The largest absolute Gasteiger partial charge is 0.306 e. The fourth-order valence-corrected chi connectivity index (χ4v) is 3.17. The number of hydrogen-bond donors (Lipinski definition) is 0. The van der Waals surface area contributed by atoms with E-state index in [2.05, 4.69) is 37.9 Å². The second kappa shape index (κ2) is 20.7. The van der Waals surface area contributed by atoms with Crippen LogP contribution in [0.2, 0.25) is 0 Å². The predicted octanol–water partition coefficient (Wildman–Crippen LogP) is 7.76. The van der Waals surface area contributed by atoms with E-state index < -0.39 is 0 Å². The number of allylic oxidation sites excluding steroid dienone is 2. The Morgan fingerprint density at radius 3 is 1.46 bits per heavy atom. The Bertz CT molecular complexity index is 246. The highest BCUT2D eigenvalue weighted by Gasteiger charge is 1.97. The van der Waals surface area contributed by atoms with E-state index in [4.69, 9.17) is 0 Å². The molecular formula is C23H47N. The molecule has 0 saturated carbocycles. The summed E-state index contributed by atoms with van der Waals surface area (Å²) in [7, 11) is 2.27. The molecule has 0 unspecified atom stereocenters. The summed E-state index contributed by atoms with van der Waals surface area (Å²) >= 11 is 0. The van der Waals surface area contributed by atoms with Gasteiger partial charge in [-0.1, -0.05) is 90.2 Å². The van der Waals surface area contributed by atoms with Crippen LogP contribution in [-0.4, -0.2) is 25.0 Å². The molecule has 0 aromatic heterocycles. The maximum atomic E-state index is 2.50. The quantitative estimate of drug-likeness (QED) is 0.172. The number of unbranched alkanes of at least 4 members (excludes halogenated alkanes) is 13. The van der Waals surface area contributed by atoms with Crippen LogP contribution in [0.15, 0.2) is 12.2 Å². The summed E-state index contributed by atoms with van der Waals surface area (Å²) in [5, 5.41) is 0. The molecule has 1 nitrogen and oxygen atoms in total. The van der Waals surface area contributed by atoms with Gasteiger partial charge < -0.3 is 4.90 Å². The molecule has 0 bridgehead atoms. The van der Waals surface area contributed by atoms with Gasteiger partial charge in [-0.3, -0.25) is 0 Å². The molecule has 24 heavy (non-hydrogen) atoms. The van der Waals surface area contributed by atoms with E-state index in [0.29, 0.717) is 0 Å². The maximum Gasteiger partial charge on any atom is -0.00218 e. The van der Waals surface area contributed by atoms with Crippen molar-refractivity contribution in [3.05, 3.63) is 12.2 Å². The molecule has 0 fully saturated rings. The average Bonchev–Trinajstić information content (AvgIpc) is 2.59. The summed E-state index contributed by atoms with van der Waals surface area (Å²) in [4.78, 5) is 2.50. The molecule has 0 aromatic rings. The zero-order chi connectivity index (χ0) is 17.7. The van der Waals surface area contributed by atoms with Crippen LogP contribution < -0.4 is 0 Å². The molecule has 0 aromatic carbocycles. The maximum absolute atomic E-state index is 2.50. The second-order valence-electron chi connectivity index (χ2n) is 7.59. The summed E-state index contributed by atoms with van der Waals surface area (Å²) in [6.45, 7) is 7.14. The Balaban J connectivity index is 3.12. The lowest BCUT2D eigenvalue weighted by atomic mass is 10.1. The van der Waals surface area contributed by atoms with Crippen LogP contribution in [0.4, 0.5) is 0 Å². The summed E-state index contributed by atoms with van der Waals surface area (Å²) in [6, 6.07) is 0. The van der Waals surface area contributed by atoms with Crippen molar-refractivity contribution in [1.82, 2.24) is 4.90 Å². The summed E-state index contributed by atoms with van der Waals surface area (Å²) in [6.07, 6.45) is 27.1. The van der Waals surface area contributed by atoms with Crippen LogP contribution >= 0.6 is 0 Å². The zero-order valence-electron chi connectivity index (χ0n) is 17.3. The second-order valence-corrected chi connectivity index (χ2v) is 7.59. The van der Waals surface area contributed by atoms with E-state index in [1.165, 1.54) is 116 Å².